The highest BCUT2D eigenvalue weighted by Gasteiger charge is 2.14. The van der Waals surface area contributed by atoms with Crippen molar-refractivity contribution >= 4 is 5.91 Å². The Labute approximate surface area is 166 Å². The average molecular weight is 384 g/mol. The van der Waals surface area contributed by atoms with Crippen LogP contribution in [0.25, 0.3) is 0 Å². The highest BCUT2D eigenvalue weighted by Crippen LogP contribution is 2.28. The number of ether oxygens (including phenoxy) is 3. The molecule has 0 aliphatic carbocycles. The molecule has 0 saturated carbocycles. The van der Waals surface area contributed by atoms with Gasteiger partial charge in [-0.15, -0.1) is 0 Å². The molecule has 1 saturated heterocycles. The standard InChI is InChI=1S/C22H28N2O4/c1-3-28-21-14-17(8-9-20(21)26-2)22(25)23-15-18-6-4-5-7-19(18)16-24-10-12-27-13-11-24/h4-9,14H,3,10-13,15-16H2,1-2H3,(H,23,25). The first-order valence-electron chi connectivity index (χ1n) is 9.67. The molecule has 6 heteroatoms. The van der Waals surface area contributed by atoms with Crippen LogP contribution in [0.4, 0.5) is 0 Å². The summed E-state index contributed by atoms with van der Waals surface area (Å²) in [6, 6.07) is 13.5. The summed E-state index contributed by atoms with van der Waals surface area (Å²) in [6.45, 7) is 7.19. The van der Waals surface area contributed by atoms with Crippen molar-refractivity contribution in [2.24, 2.45) is 0 Å². The van der Waals surface area contributed by atoms with E-state index in [-0.39, 0.29) is 5.91 Å². The lowest BCUT2D eigenvalue weighted by molar-refractivity contribution is 0.0340. The lowest BCUT2D eigenvalue weighted by Crippen LogP contribution is -2.36. The van der Waals surface area contributed by atoms with E-state index in [0.717, 1.165) is 38.4 Å². The first-order chi connectivity index (χ1) is 13.7. The van der Waals surface area contributed by atoms with Crippen LogP contribution < -0.4 is 14.8 Å². The second kappa shape index (κ2) is 10.1. The van der Waals surface area contributed by atoms with Crippen molar-refractivity contribution in [1.82, 2.24) is 10.2 Å². The van der Waals surface area contributed by atoms with Crippen LogP contribution in [-0.2, 0) is 17.8 Å². The number of benzene rings is 2. The molecule has 1 aliphatic rings. The van der Waals surface area contributed by atoms with Gasteiger partial charge in [0.15, 0.2) is 11.5 Å². The number of nitrogens with one attached hydrogen (secondary N) is 1. The van der Waals surface area contributed by atoms with Gasteiger partial charge in [-0.25, -0.2) is 0 Å². The minimum Gasteiger partial charge on any atom is -0.493 e. The second-order valence-corrected chi connectivity index (χ2v) is 6.64. The fourth-order valence-electron chi connectivity index (χ4n) is 3.25. The minimum atomic E-state index is -0.134. The summed E-state index contributed by atoms with van der Waals surface area (Å²) >= 11 is 0. The largest absolute Gasteiger partial charge is 0.493 e. The average Bonchev–Trinajstić information content (AvgIpc) is 2.74. The molecule has 0 unspecified atom stereocenters. The molecule has 1 fully saturated rings. The van der Waals surface area contributed by atoms with E-state index < -0.39 is 0 Å². The first kappa shape index (κ1) is 20.2. The molecule has 3 rings (SSSR count). The Hall–Kier alpha value is -2.57. The summed E-state index contributed by atoms with van der Waals surface area (Å²) in [5.41, 5.74) is 2.91. The van der Waals surface area contributed by atoms with Gasteiger partial charge in [0.05, 0.1) is 26.9 Å². The van der Waals surface area contributed by atoms with Crippen molar-refractivity contribution in [1.29, 1.82) is 0 Å². The third-order valence-corrected chi connectivity index (χ3v) is 4.78. The van der Waals surface area contributed by atoms with Gasteiger partial charge >= 0.3 is 0 Å². The lowest BCUT2D eigenvalue weighted by atomic mass is 10.1. The molecule has 6 nitrogen and oxygen atoms in total. The van der Waals surface area contributed by atoms with Crippen LogP contribution in [0.1, 0.15) is 28.4 Å². The molecule has 2 aromatic rings. The van der Waals surface area contributed by atoms with E-state index >= 15 is 0 Å². The summed E-state index contributed by atoms with van der Waals surface area (Å²) < 4.78 is 16.3. The quantitative estimate of drug-likeness (QED) is 0.758. The van der Waals surface area contributed by atoms with E-state index in [2.05, 4.69) is 22.3 Å². The minimum absolute atomic E-state index is 0.134. The smallest absolute Gasteiger partial charge is 0.251 e. The Morgan fingerprint density at radius 3 is 2.57 bits per heavy atom. The number of hydrogen-bond acceptors (Lipinski definition) is 5. The van der Waals surface area contributed by atoms with E-state index in [9.17, 15) is 4.79 Å². The molecular weight excluding hydrogens is 356 g/mol. The fourth-order valence-corrected chi connectivity index (χ4v) is 3.25. The third kappa shape index (κ3) is 5.24. The number of nitrogens with zero attached hydrogens (tertiary/aromatic N) is 1. The number of rotatable bonds is 8. The number of carbonyl (C=O) groups excluding carboxylic acids is 1. The molecule has 0 aromatic heterocycles. The number of amides is 1. The molecule has 1 aliphatic heterocycles. The Kier molecular flexibility index (Phi) is 7.28. The van der Waals surface area contributed by atoms with Gasteiger partial charge in [-0.3, -0.25) is 9.69 Å². The van der Waals surface area contributed by atoms with Gasteiger partial charge in [-0.1, -0.05) is 24.3 Å². The maximum atomic E-state index is 12.6. The Balaban J connectivity index is 1.65. The number of methoxy groups -OCH3 is 1. The summed E-state index contributed by atoms with van der Waals surface area (Å²) in [4.78, 5) is 15.0. The van der Waals surface area contributed by atoms with Crippen molar-refractivity contribution in [2.75, 3.05) is 40.0 Å². The molecule has 2 aromatic carbocycles. The van der Waals surface area contributed by atoms with Crippen LogP contribution in [0.2, 0.25) is 0 Å². The highest BCUT2D eigenvalue weighted by molar-refractivity contribution is 5.94. The number of hydrogen-bond donors (Lipinski definition) is 1. The van der Waals surface area contributed by atoms with Crippen LogP contribution in [0.5, 0.6) is 11.5 Å². The molecule has 1 amide bonds. The van der Waals surface area contributed by atoms with Crippen LogP contribution in [-0.4, -0.2) is 50.8 Å². The molecule has 0 radical (unpaired) electrons. The van der Waals surface area contributed by atoms with Crippen LogP contribution in [0, 0.1) is 0 Å². The molecule has 0 atom stereocenters. The van der Waals surface area contributed by atoms with Crippen LogP contribution in [0.15, 0.2) is 42.5 Å². The first-order valence-corrected chi connectivity index (χ1v) is 9.67. The van der Waals surface area contributed by atoms with E-state index in [0.29, 0.717) is 30.2 Å². The zero-order valence-corrected chi connectivity index (χ0v) is 16.6. The molecule has 1 N–H and O–H groups in total. The van der Waals surface area contributed by atoms with Crippen molar-refractivity contribution < 1.29 is 19.0 Å². The van der Waals surface area contributed by atoms with Gasteiger partial charge in [0.2, 0.25) is 0 Å². The van der Waals surface area contributed by atoms with Gasteiger partial charge < -0.3 is 19.5 Å². The van der Waals surface area contributed by atoms with E-state index in [1.807, 2.05) is 19.1 Å². The third-order valence-electron chi connectivity index (χ3n) is 4.78. The van der Waals surface area contributed by atoms with Crippen molar-refractivity contribution in [3.63, 3.8) is 0 Å². The lowest BCUT2D eigenvalue weighted by Gasteiger charge is -2.27. The van der Waals surface area contributed by atoms with Gasteiger partial charge in [0, 0.05) is 31.7 Å². The predicted molar refractivity (Wildman–Crippen MR) is 108 cm³/mol. The molecule has 0 spiro atoms. The molecule has 28 heavy (non-hydrogen) atoms. The SMILES string of the molecule is CCOc1cc(C(=O)NCc2ccccc2CN2CCOCC2)ccc1OC. The predicted octanol–water partition coefficient (Wildman–Crippen LogP) is 2.86. The fraction of sp³-hybridized carbons (Fsp3) is 0.409. The highest BCUT2D eigenvalue weighted by atomic mass is 16.5. The molecular formula is C22H28N2O4. The Morgan fingerprint density at radius 1 is 1.11 bits per heavy atom. The zero-order chi connectivity index (χ0) is 19.8. The summed E-state index contributed by atoms with van der Waals surface area (Å²) in [7, 11) is 1.59. The summed E-state index contributed by atoms with van der Waals surface area (Å²) in [5, 5.41) is 3.02. The Morgan fingerprint density at radius 2 is 1.86 bits per heavy atom. The van der Waals surface area contributed by atoms with Gasteiger partial charge in [-0.2, -0.15) is 0 Å². The van der Waals surface area contributed by atoms with Gasteiger partial charge in [-0.05, 0) is 36.2 Å². The van der Waals surface area contributed by atoms with E-state index in [1.54, 1.807) is 25.3 Å². The van der Waals surface area contributed by atoms with Crippen molar-refractivity contribution in [3.8, 4) is 11.5 Å². The maximum absolute atomic E-state index is 12.6. The normalized spacial score (nSPS) is 14.5. The Bertz CT molecular complexity index is 788. The topological polar surface area (TPSA) is 60.0 Å². The van der Waals surface area contributed by atoms with Gasteiger partial charge in [0.1, 0.15) is 0 Å². The summed E-state index contributed by atoms with van der Waals surface area (Å²) in [6.07, 6.45) is 0. The van der Waals surface area contributed by atoms with Crippen molar-refractivity contribution in [2.45, 2.75) is 20.0 Å². The van der Waals surface area contributed by atoms with Crippen molar-refractivity contribution in [3.05, 3.63) is 59.2 Å². The molecule has 1 heterocycles. The number of carbonyl (C=O) groups is 1. The summed E-state index contributed by atoms with van der Waals surface area (Å²) in [5.74, 6) is 1.06. The monoisotopic (exact) mass is 384 g/mol. The number of morpholine rings is 1. The van der Waals surface area contributed by atoms with Crippen LogP contribution >= 0.6 is 0 Å². The zero-order valence-electron chi connectivity index (χ0n) is 16.6. The van der Waals surface area contributed by atoms with Crippen LogP contribution in [0.3, 0.4) is 0 Å². The van der Waals surface area contributed by atoms with Gasteiger partial charge in [0.25, 0.3) is 5.91 Å². The van der Waals surface area contributed by atoms with E-state index in [4.69, 9.17) is 14.2 Å². The second-order valence-electron chi connectivity index (χ2n) is 6.64. The molecule has 0 bridgehead atoms. The maximum Gasteiger partial charge on any atom is 0.251 e. The van der Waals surface area contributed by atoms with E-state index in [1.165, 1.54) is 5.56 Å². The molecule has 150 valence electrons.